The van der Waals surface area contributed by atoms with E-state index in [1.165, 1.54) is 19.4 Å². The lowest BCUT2D eigenvalue weighted by molar-refractivity contribution is -0.0470. The number of halogens is 2. The zero-order chi connectivity index (χ0) is 13.9. The number of ether oxygens (including phenoxy) is 1. The summed E-state index contributed by atoms with van der Waals surface area (Å²) in [7, 11) is 0. The molecule has 3 nitrogen and oxygen atoms in total. The van der Waals surface area contributed by atoms with Gasteiger partial charge < -0.3 is 10.1 Å². The topological polar surface area (TPSA) is 24.5 Å². The lowest BCUT2D eigenvalue weighted by atomic mass is 10.2. The van der Waals surface area contributed by atoms with Crippen LogP contribution < -0.4 is 5.32 Å². The van der Waals surface area contributed by atoms with Crippen molar-refractivity contribution in [1.29, 1.82) is 0 Å². The minimum Gasteiger partial charge on any atom is -0.374 e. The van der Waals surface area contributed by atoms with Crippen molar-refractivity contribution in [3.63, 3.8) is 0 Å². The Morgan fingerprint density at radius 1 is 1.35 bits per heavy atom. The molecule has 0 spiro atoms. The maximum atomic E-state index is 6.16. The Hall–Kier alpha value is -0.320. The van der Waals surface area contributed by atoms with Crippen LogP contribution in [-0.4, -0.2) is 43.3 Å². The molecule has 0 saturated carbocycles. The standard InChI is InChI=1S/C15H20Cl2N2O/c16-12-4-3-11(15(17)6-12)7-18-8-14-9-19-5-1-2-13(19)10-20-14/h3-4,6,13-14,18H,1-2,5,7-10H2. The molecular formula is C15H20Cl2N2O. The fourth-order valence-electron chi connectivity index (χ4n) is 3.04. The summed E-state index contributed by atoms with van der Waals surface area (Å²) in [5.41, 5.74) is 1.07. The first-order chi connectivity index (χ1) is 9.72. The first kappa shape index (κ1) is 14.6. The predicted octanol–water partition coefficient (Wildman–Crippen LogP) is 2.95. The van der Waals surface area contributed by atoms with Crippen LogP contribution >= 0.6 is 23.2 Å². The van der Waals surface area contributed by atoms with Gasteiger partial charge in [-0.25, -0.2) is 0 Å². The van der Waals surface area contributed by atoms with Gasteiger partial charge in [0.15, 0.2) is 0 Å². The van der Waals surface area contributed by atoms with E-state index in [2.05, 4.69) is 10.2 Å². The summed E-state index contributed by atoms with van der Waals surface area (Å²) in [6, 6.07) is 6.29. The van der Waals surface area contributed by atoms with Crippen LogP contribution in [0.3, 0.4) is 0 Å². The van der Waals surface area contributed by atoms with E-state index in [1.807, 2.05) is 12.1 Å². The molecule has 2 aliphatic rings. The first-order valence-electron chi connectivity index (χ1n) is 7.22. The Morgan fingerprint density at radius 2 is 2.25 bits per heavy atom. The van der Waals surface area contributed by atoms with Gasteiger partial charge in [-0.1, -0.05) is 29.3 Å². The first-order valence-corrected chi connectivity index (χ1v) is 7.98. The van der Waals surface area contributed by atoms with E-state index in [0.717, 1.165) is 31.8 Å². The smallest absolute Gasteiger partial charge is 0.0827 e. The highest BCUT2D eigenvalue weighted by Crippen LogP contribution is 2.23. The molecule has 5 heteroatoms. The van der Waals surface area contributed by atoms with Crippen molar-refractivity contribution in [2.75, 3.05) is 26.2 Å². The Labute approximate surface area is 130 Å². The van der Waals surface area contributed by atoms with E-state index >= 15 is 0 Å². The quantitative estimate of drug-likeness (QED) is 0.924. The minimum atomic E-state index is 0.287. The summed E-state index contributed by atoms with van der Waals surface area (Å²) in [5, 5.41) is 4.82. The second-order valence-corrected chi connectivity index (χ2v) is 6.46. The van der Waals surface area contributed by atoms with Crippen molar-refractivity contribution < 1.29 is 4.74 Å². The van der Waals surface area contributed by atoms with Crippen molar-refractivity contribution in [1.82, 2.24) is 10.2 Å². The highest BCUT2D eigenvalue weighted by molar-refractivity contribution is 6.35. The Balaban J connectivity index is 1.45. The number of hydrogen-bond donors (Lipinski definition) is 1. The third-order valence-electron chi connectivity index (χ3n) is 4.16. The lowest BCUT2D eigenvalue weighted by Gasteiger charge is -2.35. The van der Waals surface area contributed by atoms with Crippen LogP contribution in [0.2, 0.25) is 10.0 Å². The Morgan fingerprint density at radius 3 is 3.10 bits per heavy atom. The maximum absolute atomic E-state index is 6.16. The monoisotopic (exact) mass is 314 g/mol. The molecule has 110 valence electrons. The van der Waals surface area contributed by atoms with E-state index < -0.39 is 0 Å². The second kappa shape index (κ2) is 6.63. The molecule has 0 aliphatic carbocycles. The Kier molecular flexibility index (Phi) is 4.84. The van der Waals surface area contributed by atoms with Crippen LogP contribution in [0.5, 0.6) is 0 Å². The van der Waals surface area contributed by atoms with Crippen molar-refractivity contribution in [3.05, 3.63) is 33.8 Å². The summed E-state index contributed by atoms with van der Waals surface area (Å²) >= 11 is 12.1. The molecule has 3 rings (SSSR count). The highest BCUT2D eigenvalue weighted by atomic mass is 35.5. The molecule has 0 aromatic heterocycles. The molecule has 0 amide bonds. The van der Waals surface area contributed by atoms with Crippen LogP contribution in [0.15, 0.2) is 18.2 Å². The molecule has 2 aliphatic heterocycles. The van der Waals surface area contributed by atoms with E-state index in [9.17, 15) is 0 Å². The summed E-state index contributed by atoms with van der Waals surface area (Å²) in [4.78, 5) is 2.56. The average Bonchev–Trinajstić information content (AvgIpc) is 2.89. The fraction of sp³-hybridized carbons (Fsp3) is 0.600. The zero-order valence-corrected chi connectivity index (χ0v) is 13.0. The molecule has 2 unspecified atom stereocenters. The van der Waals surface area contributed by atoms with Gasteiger partial charge in [0.05, 0.1) is 12.7 Å². The minimum absolute atomic E-state index is 0.287. The molecule has 2 fully saturated rings. The van der Waals surface area contributed by atoms with Crippen molar-refractivity contribution in [3.8, 4) is 0 Å². The third kappa shape index (κ3) is 3.46. The average molecular weight is 315 g/mol. The fourth-order valence-corrected chi connectivity index (χ4v) is 3.52. The van der Waals surface area contributed by atoms with Gasteiger partial charge in [0, 0.05) is 35.7 Å². The van der Waals surface area contributed by atoms with Crippen LogP contribution in [-0.2, 0) is 11.3 Å². The molecule has 2 heterocycles. The van der Waals surface area contributed by atoms with Gasteiger partial charge in [0.2, 0.25) is 0 Å². The molecule has 0 radical (unpaired) electrons. The van der Waals surface area contributed by atoms with Gasteiger partial charge in [-0.15, -0.1) is 0 Å². The number of benzene rings is 1. The predicted molar refractivity (Wildman–Crippen MR) is 82.5 cm³/mol. The SMILES string of the molecule is Clc1ccc(CNCC2CN3CCCC3CO2)c(Cl)c1. The second-order valence-electron chi connectivity index (χ2n) is 5.61. The molecule has 0 bridgehead atoms. The van der Waals surface area contributed by atoms with E-state index in [4.69, 9.17) is 27.9 Å². The summed E-state index contributed by atoms with van der Waals surface area (Å²) in [6.45, 7) is 4.77. The van der Waals surface area contributed by atoms with Gasteiger partial charge in [-0.05, 0) is 37.1 Å². The van der Waals surface area contributed by atoms with Crippen LogP contribution in [0.4, 0.5) is 0 Å². The Bertz CT molecular complexity index is 469. The van der Waals surface area contributed by atoms with Gasteiger partial charge in [-0.2, -0.15) is 0 Å². The molecule has 20 heavy (non-hydrogen) atoms. The van der Waals surface area contributed by atoms with Crippen molar-refractivity contribution in [2.45, 2.75) is 31.5 Å². The van der Waals surface area contributed by atoms with E-state index in [1.54, 1.807) is 6.07 Å². The van der Waals surface area contributed by atoms with Gasteiger partial charge in [0.25, 0.3) is 0 Å². The van der Waals surface area contributed by atoms with Crippen molar-refractivity contribution >= 4 is 23.2 Å². The summed E-state index contributed by atoms with van der Waals surface area (Å²) in [6.07, 6.45) is 2.89. The number of morpholine rings is 1. The number of rotatable bonds is 4. The zero-order valence-electron chi connectivity index (χ0n) is 11.4. The van der Waals surface area contributed by atoms with Crippen molar-refractivity contribution in [2.24, 2.45) is 0 Å². The molecular weight excluding hydrogens is 295 g/mol. The van der Waals surface area contributed by atoms with Crippen LogP contribution in [0.1, 0.15) is 18.4 Å². The van der Waals surface area contributed by atoms with E-state index in [0.29, 0.717) is 16.1 Å². The van der Waals surface area contributed by atoms with Gasteiger partial charge in [-0.3, -0.25) is 4.90 Å². The number of hydrogen-bond acceptors (Lipinski definition) is 3. The van der Waals surface area contributed by atoms with E-state index in [-0.39, 0.29) is 6.10 Å². The molecule has 1 aromatic carbocycles. The molecule has 1 aromatic rings. The van der Waals surface area contributed by atoms with Gasteiger partial charge in [0.1, 0.15) is 0 Å². The molecule has 2 atom stereocenters. The number of nitrogens with one attached hydrogen (secondary N) is 1. The van der Waals surface area contributed by atoms with Crippen LogP contribution in [0.25, 0.3) is 0 Å². The van der Waals surface area contributed by atoms with Gasteiger partial charge >= 0.3 is 0 Å². The summed E-state index contributed by atoms with van der Waals surface area (Å²) in [5.74, 6) is 0. The summed E-state index contributed by atoms with van der Waals surface area (Å²) < 4.78 is 5.92. The molecule has 2 saturated heterocycles. The highest BCUT2D eigenvalue weighted by Gasteiger charge is 2.31. The maximum Gasteiger partial charge on any atom is 0.0827 e. The lowest BCUT2D eigenvalue weighted by Crippen LogP contribution is -2.49. The van der Waals surface area contributed by atoms with Crippen LogP contribution in [0, 0.1) is 0 Å². The number of nitrogens with zero attached hydrogens (tertiary/aromatic N) is 1. The molecule has 1 N–H and O–H groups in total. The number of fused-ring (bicyclic) bond motifs is 1. The largest absolute Gasteiger partial charge is 0.374 e. The normalized spacial score (nSPS) is 26.7. The third-order valence-corrected chi connectivity index (χ3v) is 4.75.